The molecule has 0 spiro atoms. The van der Waals surface area contributed by atoms with Crippen LogP contribution < -0.4 is 0 Å². The summed E-state index contributed by atoms with van der Waals surface area (Å²) in [6, 6.07) is 5.21. The van der Waals surface area contributed by atoms with Crippen molar-refractivity contribution in [2.45, 2.75) is 13.8 Å². The molecule has 0 radical (unpaired) electrons. The number of nitrogens with zero attached hydrogens (tertiary/aromatic N) is 2. The van der Waals surface area contributed by atoms with Crippen molar-refractivity contribution in [1.82, 2.24) is 4.98 Å². The third-order valence-corrected chi connectivity index (χ3v) is 1.44. The first-order valence-electron chi connectivity index (χ1n) is 3.53. The molecule has 0 amide bonds. The summed E-state index contributed by atoms with van der Waals surface area (Å²) in [4.78, 5) is 14.7. The largest absolute Gasteiger partial charge is 0.293 e. The van der Waals surface area contributed by atoms with Crippen molar-refractivity contribution in [3.63, 3.8) is 0 Å². The van der Waals surface area contributed by atoms with Crippen LogP contribution in [0, 0.1) is 18.3 Å². The first-order chi connectivity index (χ1) is 5.63. The predicted octanol–water partition coefficient (Wildman–Crippen LogP) is 1.46. The first kappa shape index (κ1) is 8.41. The number of ketones is 1. The van der Waals surface area contributed by atoms with Crippen LogP contribution in [-0.4, -0.2) is 10.8 Å². The summed E-state index contributed by atoms with van der Waals surface area (Å²) in [5.74, 6) is -0.116. The molecule has 1 rings (SSSR count). The van der Waals surface area contributed by atoms with E-state index in [1.807, 2.05) is 13.0 Å². The van der Waals surface area contributed by atoms with Gasteiger partial charge in [0.15, 0.2) is 5.78 Å². The van der Waals surface area contributed by atoms with Gasteiger partial charge in [0, 0.05) is 6.92 Å². The minimum Gasteiger partial charge on any atom is -0.293 e. The summed E-state index contributed by atoms with van der Waals surface area (Å²) in [5.41, 5.74) is 1.53. The van der Waals surface area contributed by atoms with Crippen LogP contribution in [0.4, 0.5) is 0 Å². The standard InChI is InChI=1S/C9H8N2O/c1-6-3-8(5-10)11-9(4-6)7(2)12/h3-4H,1-2H3. The quantitative estimate of drug-likeness (QED) is 0.584. The highest BCUT2D eigenvalue weighted by Crippen LogP contribution is 2.04. The third kappa shape index (κ3) is 1.67. The van der Waals surface area contributed by atoms with E-state index in [9.17, 15) is 4.79 Å². The van der Waals surface area contributed by atoms with Crippen molar-refractivity contribution in [3.8, 4) is 6.07 Å². The zero-order valence-corrected chi connectivity index (χ0v) is 6.96. The van der Waals surface area contributed by atoms with Crippen LogP contribution in [0.25, 0.3) is 0 Å². The Morgan fingerprint density at radius 1 is 1.58 bits per heavy atom. The molecule has 1 aromatic rings. The van der Waals surface area contributed by atoms with Gasteiger partial charge in [0.1, 0.15) is 17.5 Å². The van der Waals surface area contributed by atoms with Gasteiger partial charge in [-0.1, -0.05) is 0 Å². The predicted molar refractivity (Wildman–Crippen MR) is 43.7 cm³/mol. The van der Waals surface area contributed by atoms with Gasteiger partial charge in [0.2, 0.25) is 0 Å². The zero-order valence-electron chi connectivity index (χ0n) is 6.96. The van der Waals surface area contributed by atoms with Crippen LogP contribution in [0.5, 0.6) is 0 Å². The fourth-order valence-electron chi connectivity index (χ4n) is 0.905. The van der Waals surface area contributed by atoms with Crippen molar-refractivity contribution in [3.05, 3.63) is 29.1 Å². The number of Topliss-reactive ketones (excluding diaryl/α,β-unsaturated/α-hetero) is 1. The molecular weight excluding hydrogens is 152 g/mol. The molecule has 3 nitrogen and oxygen atoms in total. The summed E-state index contributed by atoms with van der Waals surface area (Å²) in [6.07, 6.45) is 0. The smallest absolute Gasteiger partial charge is 0.178 e. The van der Waals surface area contributed by atoms with Crippen LogP contribution in [0.15, 0.2) is 12.1 Å². The number of carbonyl (C=O) groups excluding carboxylic acids is 1. The number of pyridine rings is 1. The highest BCUT2D eigenvalue weighted by Gasteiger charge is 2.03. The summed E-state index contributed by atoms with van der Waals surface area (Å²) < 4.78 is 0. The van der Waals surface area contributed by atoms with Gasteiger partial charge in [0.05, 0.1) is 0 Å². The summed E-state index contributed by atoms with van der Waals surface area (Å²) in [6.45, 7) is 3.26. The second kappa shape index (κ2) is 3.14. The number of aryl methyl sites for hydroxylation is 1. The van der Waals surface area contributed by atoms with Gasteiger partial charge in [-0.2, -0.15) is 5.26 Å². The minimum absolute atomic E-state index is 0.116. The van der Waals surface area contributed by atoms with E-state index in [1.165, 1.54) is 6.92 Å². The number of carbonyl (C=O) groups is 1. The normalized spacial score (nSPS) is 9.08. The molecule has 0 fully saturated rings. The van der Waals surface area contributed by atoms with Crippen molar-refractivity contribution in [2.75, 3.05) is 0 Å². The summed E-state index contributed by atoms with van der Waals surface area (Å²) >= 11 is 0. The maximum absolute atomic E-state index is 10.9. The maximum atomic E-state index is 10.9. The number of hydrogen-bond acceptors (Lipinski definition) is 3. The zero-order chi connectivity index (χ0) is 9.14. The minimum atomic E-state index is -0.116. The van der Waals surface area contributed by atoms with E-state index in [0.29, 0.717) is 11.4 Å². The first-order valence-corrected chi connectivity index (χ1v) is 3.53. The number of aromatic nitrogens is 1. The van der Waals surface area contributed by atoms with E-state index in [2.05, 4.69) is 4.98 Å². The maximum Gasteiger partial charge on any atom is 0.178 e. The van der Waals surface area contributed by atoms with Crippen molar-refractivity contribution in [1.29, 1.82) is 5.26 Å². The van der Waals surface area contributed by atoms with Crippen LogP contribution in [-0.2, 0) is 0 Å². The lowest BCUT2D eigenvalue weighted by Gasteiger charge is -1.97. The monoisotopic (exact) mass is 160 g/mol. The molecule has 0 atom stereocenters. The molecule has 0 N–H and O–H groups in total. The summed E-state index contributed by atoms with van der Waals surface area (Å²) in [5, 5.41) is 8.54. The highest BCUT2D eigenvalue weighted by molar-refractivity contribution is 5.92. The molecule has 0 bridgehead atoms. The second-order valence-corrected chi connectivity index (χ2v) is 2.58. The van der Waals surface area contributed by atoms with Gasteiger partial charge in [-0.15, -0.1) is 0 Å². The molecule has 0 aromatic carbocycles. The molecule has 1 aromatic heterocycles. The Labute approximate surface area is 70.7 Å². The van der Waals surface area contributed by atoms with Gasteiger partial charge in [-0.3, -0.25) is 4.79 Å². The Hall–Kier alpha value is -1.69. The number of hydrogen-bond donors (Lipinski definition) is 0. The molecule has 0 aliphatic carbocycles. The van der Waals surface area contributed by atoms with Crippen molar-refractivity contribution < 1.29 is 4.79 Å². The van der Waals surface area contributed by atoms with Gasteiger partial charge in [-0.25, -0.2) is 4.98 Å². The van der Waals surface area contributed by atoms with E-state index in [4.69, 9.17) is 5.26 Å². The third-order valence-electron chi connectivity index (χ3n) is 1.44. The van der Waals surface area contributed by atoms with E-state index in [1.54, 1.807) is 12.1 Å². The van der Waals surface area contributed by atoms with Crippen molar-refractivity contribution >= 4 is 5.78 Å². The van der Waals surface area contributed by atoms with E-state index in [-0.39, 0.29) is 5.78 Å². The molecule has 12 heavy (non-hydrogen) atoms. The Morgan fingerprint density at radius 3 is 2.75 bits per heavy atom. The molecule has 0 aliphatic heterocycles. The fourth-order valence-corrected chi connectivity index (χ4v) is 0.905. The molecule has 0 unspecified atom stereocenters. The topological polar surface area (TPSA) is 53.8 Å². The number of nitriles is 1. The molecule has 0 aliphatic rings. The second-order valence-electron chi connectivity index (χ2n) is 2.58. The molecule has 3 heteroatoms. The van der Waals surface area contributed by atoms with E-state index < -0.39 is 0 Å². The summed E-state index contributed by atoms with van der Waals surface area (Å²) in [7, 11) is 0. The molecular formula is C9H8N2O. The average molecular weight is 160 g/mol. The van der Waals surface area contributed by atoms with E-state index >= 15 is 0 Å². The molecule has 1 heterocycles. The van der Waals surface area contributed by atoms with Crippen LogP contribution in [0.3, 0.4) is 0 Å². The van der Waals surface area contributed by atoms with Crippen molar-refractivity contribution in [2.24, 2.45) is 0 Å². The van der Waals surface area contributed by atoms with Crippen LogP contribution in [0.2, 0.25) is 0 Å². The average Bonchev–Trinajstić information content (AvgIpc) is 2.03. The molecule has 60 valence electrons. The Bertz CT molecular complexity index is 363. The van der Waals surface area contributed by atoms with Gasteiger partial charge < -0.3 is 0 Å². The van der Waals surface area contributed by atoms with Crippen LogP contribution >= 0.6 is 0 Å². The lowest BCUT2D eigenvalue weighted by Crippen LogP contribution is -1.99. The van der Waals surface area contributed by atoms with Gasteiger partial charge in [0.25, 0.3) is 0 Å². The van der Waals surface area contributed by atoms with Crippen LogP contribution in [0.1, 0.15) is 28.7 Å². The SMILES string of the molecule is CC(=O)c1cc(C)cc(C#N)n1. The highest BCUT2D eigenvalue weighted by atomic mass is 16.1. The molecule has 0 saturated carbocycles. The lowest BCUT2D eigenvalue weighted by atomic mass is 10.2. The van der Waals surface area contributed by atoms with Gasteiger partial charge in [-0.05, 0) is 24.6 Å². The fraction of sp³-hybridized carbons (Fsp3) is 0.222. The Morgan fingerprint density at radius 2 is 2.25 bits per heavy atom. The Kier molecular flexibility index (Phi) is 2.20. The van der Waals surface area contributed by atoms with Gasteiger partial charge >= 0.3 is 0 Å². The number of rotatable bonds is 1. The Balaban J connectivity index is 3.26. The van der Waals surface area contributed by atoms with E-state index in [0.717, 1.165) is 5.56 Å². The lowest BCUT2D eigenvalue weighted by molar-refractivity contribution is 0.101. The molecule has 0 saturated heterocycles.